The number of aromatic nitrogens is 1. The van der Waals surface area contributed by atoms with Gasteiger partial charge in [0, 0.05) is 30.5 Å². The molecule has 1 aromatic carbocycles. The van der Waals surface area contributed by atoms with E-state index in [4.69, 9.17) is 9.47 Å². The average molecular weight is 466 g/mol. The normalized spacial score (nSPS) is 27.3. The van der Waals surface area contributed by atoms with Gasteiger partial charge in [-0.25, -0.2) is 0 Å². The van der Waals surface area contributed by atoms with Crippen LogP contribution in [0, 0.1) is 0 Å². The molecule has 0 spiro atoms. The van der Waals surface area contributed by atoms with E-state index < -0.39 is 6.10 Å². The fourth-order valence-corrected chi connectivity index (χ4v) is 5.39. The molecule has 0 unspecified atom stereocenters. The summed E-state index contributed by atoms with van der Waals surface area (Å²) >= 11 is 0. The highest BCUT2D eigenvalue weighted by Crippen LogP contribution is 2.29. The predicted molar refractivity (Wildman–Crippen MR) is 124 cm³/mol. The first-order valence-corrected chi connectivity index (χ1v) is 12.0. The van der Waals surface area contributed by atoms with E-state index in [-0.39, 0.29) is 62.3 Å². The highest BCUT2D eigenvalue weighted by Gasteiger charge is 2.40. The van der Waals surface area contributed by atoms with Gasteiger partial charge in [-0.05, 0) is 48.9 Å². The standard InChI is InChI=1S/C26H31N3O5/c30-21-14-29(26(32)17-7-9-27-10-8-17)23-6-5-22(34-24(23)16-33-15-21)13-25(31)28-20-11-18-3-1-2-4-19(18)12-20/h1-4,7-10,20-24,30H,5-6,11-16H2,(H,28,31)/t21-,22+,23+,24-/m1/s1. The fourth-order valence-electron chi connectivity index (χ4n) is 5.39. The van der Waals surface area contributed by atoms with Crippen LogP contribution in [0.25, 0.3) is 0 Å². The summed E-state index contributed by atoms with van der Waals surface area (Å²) < 4.78 is 12.0. The van der Waals surface area contributed by atoms with Crippen LogP contribution in [0.3, 0.4) is 0 Å². The molecule has 5 rings (SSSR count). The molecule has 2 saturated heterocycles. The molecule has 2 amide bonds. The van der Waals surface area contributed by atoms with Gasteiger partial charge in [-0.2, -0.15) is 0 Å². The third-order valence-electron chi connectivity index (χ3n) is 7.00. The maximum absolute atomic E-state index is 13.2. The zero-order valence-corrected chi connectivity index (χ0v) is 19.1. The number of rotatable bonds is 4. The van der Waals surface area contributed by atoms with Crippen molar-refractivity contribution in [2.24, 2.45) is 0 Å². The molecule has 2 fully saturated rings. The maximum atomic E-state index is 13.2. The van der Waals surface area contributed by atoms with Crippen LogP contribution in [-0.2, 0) is 27.1 Å². The molecule has 34 heavy (non-hydrogen) atoms. The molecule has 8 heteroatoms. The number of aliphatic hydroxyl groups is 1. The number of β-amino-alcohol motifs (C(OH)–C–C–N with tert-alkyl or cyclic N) is 1. The topological polar surface area (TPSA) is 101 Å². The van der Waals surface area contributed by atoms with E-state index in [1.807, 2.05) is 12.1 Å². The minimum atomic E-state index is -0.759. The molecule has 0 radical (unpaired) electrons. The van der Waals surface area contributed by atoms with E-state index in [0.717, 1.165) is 12.8 Å². The second-order valence-corrected chi connectivity index (χ2v) is 9.47. The number of hydrogen-bond donors (Lipinski definition) is 2. The van der Waals surface area contributed by atoms with Gasteiger partial charge in [0.2, 0.25) is 5.91 Å². The lowest BCUT2D eigenvalue weighted by Crippen LogP contribution is -2.57. The molecule has 0 bridgehead atoms. The van der Waals surface area contributed by atoms with Gasteiger partial charge in [0.25, 0.3) is 5.91 Å². The van der Waals surface area contributed by atoms with Crippen LogP contribution in [0.5, 0.6) is 0 Å². The summed E-state index contributed by atoms with van der Waals surface area (Å²) in [5, 5.41) is 13.5. The second kappa shape index (κ2) is 10.2. The first kappa shape index (κ1) is 23.0. The van der Waals surface area contributed by atoms with Crippen molar-refractivity contribution >= 4 is 11.8 Å². The van der Waals surface area contributed by atoms with Gasteiger partial charge in [0.1, 0.15) is 6.10 Å². The van der Waals surface area contributed by atoms with Crippen molar-refractivity contribution in [1.29, 1.82) is 0 Å². The van der Waals surface area contributed by atoms with Crippen molar-refractivity contribution in [3.8, 4) is 0 Å². The maximum Gasteiger partial charge on any atom is 0.254 e. The third-order valence-corrected chi connectivity index (χ3v) is 7.00. The molecule has 2 N–H and O–H groups in total. The van der Waals surface area contributed by atoms with Crippen LogP contribution in [0.15, 0.2) is 48.8 Å². The Hall–Kier alpha value is -2.81. The Morgan fingerprint density at radius 1 is 1.06 bits per heavy atom. The molecule has 3 heterocycles. The molecule has 0 saturated carbocycles. The molecule has 1 aliphatic carbocycles. The zero-order chi connectivity index (χ0) is 23.5. The molecule has 3 aliphatic rings. The summed E-state index contributed by atoms with van der Waals surface area (Å²) in [5.74, 6) is -0.160. The van der Waals surface area contributed by atoms with E-state index >= 15 is 0 Å². The second-order valence-electron chi connectivity index (χ2n) is 9.47. The molecule has 4 atom stereocenters. The number of aliphatic hydroxyl groups excluding tert-OH is 1. The van der Waals surface area contributed by atoms with Gasteiger partial charge in [-0.1, -0.05) is 24.3 Å². The van der Waals surface area contributed by atoms with Gasteiger partial charge in [0.05, 0.1) is 37.9 Å². The quantitative estimate of drug-likeness (QED) is 0.710. The number of pyridine rings is 1. The summed E-state index contributed by atoms with van der Waals surface area (Å²) in [6.07, 6.45) is 5.20. The van der Waals surface area contributed by atoms with Crippen LogP contribution in [0.1, 0.15) is 40.7 Å². The summed E-state index contributed by atoms with van der Waals surface area (Å²) in [6.45, 7) is 0.594. The van der Waals surface area contributed by atoms with Crippen LogP contribution in [0.2, 0.25) is 0 Å². The first-order valence-electron chi connectivity index (χ1n) is 12.0. The molecular weight excluding hydrogens is 434 g/mol. The van der Waals surface area contributed by atoms with Crippen molar-refractivity contribution in [2.45, 2.75) is 62.5 Å². The van der Waals surface area contributed by atoms with Gasteiger partial charge >= 0.3 is 0 Å². The van der Waals surface area contributed by atoms with Gasteiger partial charge in [-0.3, -0.25) is 14.6 Å². The lowest BCUT2D eigenvalue weighted by atomic mass is 9.94. The lowest BCUT2D eigenvalue weighted by Gasteiger charge is -2.44. The van der Waals surface area contributed by atoms with Crippen molar-refractivity contribution < 1.29 is 24.2 Å². The summed E-state index contributed by atoms with van der Waals surface area (Å²) in [5.41, 5.74) is 3.14. The highest BCUT2D eigenvalue weighted by atomic mass is 16.5. The van der Waals surface area contributed by atoms with Crippen LogP contribution in [-0.4, -0.2) is 77.0 Å². The number of carbonyl (C=O) groups excluding carboxylic acids is 2. The summed E-state index contributed by atoms with van der Waals surface area (Å²) in [6, 6.07) is 11.6. The molecule has 1 aromatic heterocycles. The van der Waals surface area contributed by atoms with Gasteiger partial charge in [0.15, 0.2) is 0 Å². The Balaban J connectivity index is 1.20. The van der Waals surface area contributed by atoms with Crippen molar-refractivity contribution in [3.05, 3.63) is 65.5 Å². The van der Waals surface area contributed by atoms with Crippen LogP contribution < -0.4 is 5.32 Å². The van der Waals surface area contributed by atoms with Crippen LogP contribution >= 0.6 is 0 Å². The first-order chi connectivity index (χ1) is 16.6. The third kappa shape index (κ3) is 5.14. The monoisotopic (exact) mass is 465 g/mol. The molecule has 8 nitrogen and oxygen atoms in total. The molecule has 2 aliphatic heterocycles. The van der Waals surface area contributed by atoms with Crippen molar-refractivity contribution in [1.82, 2.24) is 15.2 Å². The number of benzene rings is 1. The predicted octanol–water partition coefficient (Wildman–Crippen LogP) is 1.50. The number of fused-ring (bicyclic) bond motifs is 2. The number of nitrogens with zero attached hydrogens (tertiary/aromatic N) is 2. The Kier molecular flexibility index (Phi) is 6.89. The lowest BCUT2D eigenvalue weighted by molar-refractivity contribution is -0.151. The minimum Gasteiger partial charge on any atom is -0.389 e. The number of amides is 2. The molecule has 2 aromatic rings. The SMILES string of the molecule is O=C(C[C@@H]1CC[C@H]2[C@@H](COC[C@H](O)CN2C(=O)c2ccncc2)O1)NC1Cc2ccccc2C1. The average Bonchev–Trinajstić information content (AvgIpc) is 3.24. The summed E-state index contributed by atoms with van der Waals surface area (Å²) in [7, 11) is 0. The van der Waals surface area contributed by atoms with E-state index in [1.165, 1.54) is 11.1 Å². The smallest absolute Gasteiger partial charge is 0.254 e. The minimum absolute atomic E-state index is 0.00633. The van der Waals surface area contributed by atoms with Crippen LogP contribution in [0.4, 0.5) is 0 Å². The van der Waals surface area contributed by atoms with E-state index in [9.17, 15) is 14.7 Å². The molecule has 180 valence electrons. The van der Waals surface area contributed by atoms with Gasteiger partial charge < -0.3 is 24.8 Å². The number of ether oxygens (including phenoxy) is 2. The fraction of sp³-hybridized carbons (Fsp3) is 0.500. The Morgan fingerprint density at radius 3 is 2.53 bits per heavy atom. The largest absolute Gasteiger partial charge is 0.389 e. The summed E-state index contributed by atoms with van der Waals surface area (Å²) in [4.78, 5) is 31.7. The number of nitrogens with one attached hydrogen (secondary N) is 1. The van der Waals surface area contributed by atoms with E-state index in [2.05, 4.69) is 22.4 Å². The van der Waals surface area contributed by atoms with E-state index in [0.29, 0.717) is 18.4 Å². The number of hydrogen-bond acceptors (Lipinski definition) is 6. The van der Waals surface area contributed by atoms with Gasteiger partial charge in [-0.15, -0.1) is 0 Å². The van der Waals surface area contributed by atoms with E-state index in [1.54, 1.807) is 29.4 Å². The number of carbonyl (C=O) groups is 2. The Bertz CT molecular complexity index is 992. The zero-order valence-electron chi connectivity index (χ0n) is 19.1. The van der Waals surface area contributed by atoms with Crippen molar-refractivity contribution in [3.63, 3.8) is 0 Å². The Labute approximate surface area is 199 Å². The van der Waals surface area contributed by atoms with Crippen molar-refractivity contribution in [2.75, 3.05) is 19.8 Å². The highest BCUT2D eigenvalue weighted by molar-refractivity contribution is 5.94. The Morgan fingerprint density at radius 2 is 1.79 bits per heavy atom. The molecular formula is C26H31N3O5.